The number of rotatable bonds is 5. The largest absolute Gasteiger partial charge is 0.448 e. The summed E-state index contributed by atoms with van der Waals surface area (Å²) in [7, 11) is 0. The van der Waals surface area contributed by atoms with Gasteiger partial charge >= 0.3 is 0 Å². The molecule has 0 fully saturated rings. The van der Waals surface area contributed by atoms with Crippen LogP contribution in [0, 0.1) is 0 Å². The Bertz CT molecular complexity index is 423. The van der Waals surface area contributed by atoms with Crippen molar-refractivity contribution in [2.75, 3.05) is 0 Å². The summed E-state index contributed by atoms with van der Waals surface area (Å²) in [6, 6.07) is 10.4. The predicted molar refractivity (Wildman–Crippen MR) is 62.9 cm³/mol. The Morgan fingerprint density at radius 3 is 2.69 bits per heavy atom. The fourth-order valence-electron chi connectivity index (χ4n) is 1.76. The van der Waals surface area contributed by atoms with Crippen molar-refractivity contribution < 1.29 is 4.42 Å². The van der Waals surface area contributed by atoms with Crippen LogP contribution in [0.1, 0.15) is 23.4 Å². The molecule has 1 aromatic carbocycles. The van der Waals surface area contributed by atoms with Crippen LogP contribution in [0.25, 0.3) is 0 Å². The molecule has 16 heavy (non-hydrogen) atoms. The maximum atomic E-state index is 5.56. The Labute approximate surface area is 95.3 Å². The van der Waals surface area contributed by atoms with E-state index in [4.69, 9.17) is 10.2 Å². The molecule has 2 aromatic rings. The van der Waals surface area contributed by atoms with Crippen molar-refractivity contribution in [3.63, 3.8) is 0 Å². The van der Waals surface area contributed by atoms with Gasteiger partial charge in [-0.15, -0.1) is 0 Å². The van der Waals surface area contributed by atoms with E-state index in [2.05, 4.69) is 29.2 Å². The Balaban J connectivity index is 1.85. The molecule has 2 N–H and O–H groups in total. The smallest absolute Gasteiger partial charge is 0.181 e. The first-order valence-electron chi connectivity index (χ1n) is 5.55. The summed E-state index contributed by atoms with van der Waals surface area (Å²) in [4.78, 5) is 4.07. The number of nitrogens with two attached hydrogens (primary N) is 1. The molecule has 84 valence electrons. The number of aromatic nitrogens is 1. The summed E-state index contributed by atoms with van der Waals surface area (Å²) in [5, 5.41) is 0. The molecule has 0 aliphatic heterocycles. The molecule has 1 heterocycles. The maximum absolute atomic E-state index is 5.56. The fraction of sp³-hybridized carbons (Fsp3) is 0.308. The SMILES string of the molecule is NCc1ncoc1CCCc1ccccc1. The number of benzene rings is 1. The summed E-state index contributed by atoms with van der Waals surface area (Å²) in [5.74, 6) is 0.929. The van der Waals surface area contributed by atoms with Gasteiger partial charge < -0.3 is 10.2 Å². The van der Waals surface area contributed by atoms with Crippen molar-refractivity contribution >= 4 is 0 Å². The lowest BCUT2D eigenvalue weighted by atomic mass is 10.1. The average Bonchev–Trinajstić information content (AvgIpc) is 2.78. The van der Waals surface area contributed by atoms with Crippen molar-refractivity contribution in [2.45, 2.75) is 25.8 Å². The van der Waals surface area contributed by atoms with Gasteiger partial charge in [-0.2, -0.15) is 0 Å². The van der Waals surface area contributed by atoms with E-state index >= 15 is 0 Å². The number of hydrogen-bond acceptors (Lipinski definition) is 3. The van der Waals surface area contributed by atoms with Crippen LogP contribution in [0.5, 0.6) is 0 Å². The normalized spacial score (nSPS) is 10.6. The van der Waals surface area contributed by atoms with E-state index in [1.807, 2.05) is 6.07 Å². The van der Waals surface area contributed by atoms with Gasteiger partial charge in [0.05, 0.1) is 5.69 Å². The first-order chi connectivity index (χ1) is 7.90. The summed E-state index contributed by atoms with van der Waals surface area (Å²) in [5.41, 5.74) is 7.80. The molecule has 0 aliphatic carbocycles. The van der Waals surface area contributed by atoms with Crippen LogP contribution in [-0.2, 0) is 19.4 Å². The lowest BCUT2D eigenvalue weighted by Gasteiger charge is -2.00. The van der Waals surface area contributed by atoms with E-state index in [-0.39, 0.29) is 0 Å². The molecule has 0 unspecified atom stereocenters. The van der Waals surface area contributed by atoms with Crippen molar-refractivity contribution in [2.24, 2.45) is 5.73 Å². The van der Waals surface area contributed by atoms with Crippen LogP contribution in [0.3, 0.4) is 0 Å². The zero-order valence-electron chi connectivity index (χ0n) is 9.23. The number of oxazole rings is 1. The Hall–Kier alpha value is -1.61. The molecule has 3 heteroatoms. The summed E-state index contributed by atoms with van der Waals surface area (Å²) >= 11 is 0. The maximum Gasteiger partial charge on any atom is 0.181 e. The van der Waals surface area contributed by atoms with Gasteiger partial charge in [0.2, 0.25) is 0 Å². The summed E-state index contributed by atoms with van der Waals surface area (Å²) < 4.78 is 5.30. The first-order valence-corrected chi connectivity index (χ1v) is 5.55. The Morgan fingerprint density at radius 2 is 1.94 bits per heavy atom. The minimum Gasteiger partial charge on any atom is -0.448 e. The van der Waals surface area contributed by atoms with Crippen molar-refractivity contribution in [1.29, 1.82) is 0 Å². The van der Waals surface area contributed by atoms with Crippen LogP contribution in [0.4, 0.5) is 0 Å². The van der Waals surface area contributed by atoms with E-state index in [9.17, 15) is 0 Å². The van der Waals surface area contributed by atoms with Gasteiger partial charge in [0.1, 0.15) is 5.76 Å². The van der Waals surface area contributed by atoms with E-state index < -0.39 is 0 Å². The molecule has 0 radical (unpaired) electrons. The Kier molecular flexibility index (Phi) is 3.72. The molecule has 3 nitrogen and oxygen atoms in total. The topological polar surface area (TPSA) is 52.0 Å². The predicted octanol–water partition coefficient (Wildman–Crippen LogP) is 2.31. The number of nitrogens with zero attached hydrogens (tertiary/aromatic N) is 1. The second-order valence-electron chi connectivity index (χ2n) is 3.77. The fourth-order valence-corrected chi connectivity index (χ4v) is 1.76. The first kappa shape index (κ1) is 10.9. The van der Waals surface area contributed by atoms with E-state index in [0.29, 0.717) is 6.54 Å². The van der Waals surface area contributed by atoms with Gasteiger partial charge in [-0.25, -0.2) is 4.98 Å². The highest BCUT2D eigenvalue weighted by Crippen LogP contribution is 2.11. The van der Waals surface area contributed by atoms with Crippen LogP contribution in [-0.4, -0.2) is 4.98 Å². The Morgan fingerprint density at radius 1 is 1.12 bits per heavy atom. The molecule has 0 spiro atoms. The summed E-state index contributed by atoms with van der Waals surface area (Å²) in [6.07, 6.45) is 4.50. The summed E-state index contributed by atoms with van der Waals surface area (Å²) in [6.45, 7) is 0.456. The van der Waals surface area contributed by atoms with Gasteiger partial charge in [-0.1, -0.05) is 30.3 Å². The third-order valence-corrected chi connectivity index (χ3v) is 2.63. The van der Waals surface area contributed by atoms with Gasteiger partial charge in [0.15, 0.2) is 6.39 Å². The van der Waals surface area contributed by atoms with Crippen LogP contribution in [0.15, 0.2) is 41.1 Å². The molecular weight excluding hydrogens is 200 g/mol. The molecule has 0 atom stereocenters. The van der Waals surface area contributed by atoms with Gasteiger partial charge in [0.25, 0.3) is 0 Å². The van der Waals surface area contributed by atoms with Crippen LogP contribution < -0.4 is 5.73 Å². The molecule has 1 aromatic heterocycles. The molecule has 0 amide bonds. The highest BCUT2D eigenvalue weighted by molar-refractivity contribution is 5.15. The van der Waals surface area contributed by atoms with Crippen LogP contribution >= 0.6 is 0 Å². The lowest BCUT2D eigenvalue weighted by molar-refractivity contribution is 0.493. The van der Waals surface area contributed by atoms with Gasteiger partial charge in [-0.3, -0.25) is 0 Å². The number of hydrogen-bond donors (Lipinski definition) is 1. The average molecular weight is 216 g/mol. The minimum absolute atomic E-state index is 0.456. The second kappa shape index (κ2) is 5.47. The van der Waals surface area contributed by atoms with E-state index in [1.165, 1.54) is 12.0 Å². The molecule has 0 saturated carbocycles. The van der Waals surface area contributed by atoms with E-state index in [1.54, 1.807) is 0 Å². The molecule has 2 rings (SSSR count). The monoisotopic (exact) mass is 216 g/mol. The molecule has 0 aliphatic rings. The zero-order valence-corrected chi connectivity index (χ0v) is 9.23. The number of aryl methyl sites for hydroxylation is 2. The minimum atomic E-state index is 0.456. The third kappa shape index (κ3) is 2.70. The molecule has 0 bridgehead atoms. The molecular formula is C13H16N2O. The zero-order chi connectivity index (χ0) is 11.2. The van der Waals surface area contributed by atoms with Crippen LogP contribution in [0.2, 0.25) is 0 Å². The van der Waals surface area contributed by atoms with Crippen molar-refractivity contribution in [3.05, 3.63) is 53.7 Å². The quantitative estimate of drug-likeness (QED) is 0.834. The highest BCUT2D eigenvalue weighted by atomic mass is 16.3. The van der Waals surface area contributed by atoms with Crippen molar-refractivity contribution in [1.82, 2.24) is 4.98 Å². The second-order valence-corrected chi connectivity index (χ2v) is 3.77. The highest BCUT2D eigenvalue weighted by Gasteiger charge is 2.05. The van der Waals surface area contributed by atoms with Gasteiger partial charge in [0, 0.05) is 13.0 Å². The third-order valence-electron chi connectivity index (χ3n) is 2.63. The van der Waals surface area contributed by atoms with Crippen molar-refractivity contribution in [3.8, 4) is 0 Å². The molecule has 0 saturated heterocycles. The van der Waals surface area contributed by atoms with Gasteiger partial charge in [-0.05, 0) is 18.4 Å². The van der Waals surface area contributed by atoms with E-state index in [0.717, 1.165) is 30.7 Å². The lowest BCUT2D eigenvalue weighted by Crippen LogP contribution is -2.00. The standard InChI is InChI=1S/C13H16N2O/c14-9-12-13(16-10-15-12)8-4-7-11-5-2-1-3-6-11/h1-3,5-6,10H,4,7-9,14H2.